The first-order chi connectivity index (χ1) is 16.8. The lowest BCUT2D eigenvalue weighted by molar-refractivity contribution is 0.0998. The molecule has 0 unspecified atom stereocenters. The molecular formula is C28H29N3O3S. The van der Waals surface area contributed by atoms with Crippen molar-refractivity contribution in [3.8, 4) is 5.75 Å². The van der Waals surface area contributed by atoms with Gasteiger partial charge in [-0.2, -0.15) is 0 Å². The largest absolute Gasteiger partial charge is 0.497 e. The van der Waals surface area contributed by atoms with Crippen LogP contribution in [0.5, 0.6) is 5.75 Å². The lowest BCUT2D eigenvalue weighted by Gasteiger charge is -2.29. The van der Waals surface area contributed by atoms with Crippen LogP contribution in [0.2, 0.25) is 0 Å². The second kappa shape index (κ2) is 10.4. The number of hydrogen-bond acceptors (Lipinski definition) is 6. The fraction of sp³-hybridized carbons (Fsp3) is 0.286. The summed E-state index contributed by atoms with van der Waals surface area (Å²) in [5.41, 5.74) is 4.37. The number of hydrogen-bond donors (Lipinski definition) is 1. The van der Waals surface area contributed by atoms with Crippen molar-refractivity contribution in [2.75, 3.05) is 18.2 Å². The average Bonchev–Trinajstić information content (AvgIpc) is 2.84. The quantitative estimate of drug-likeness (QED) is 0.318. The summed E-state index contributed by atoms with van der Waals surface area (Å²) in [5, 5.41) is 3.60. The number of thioether (sulfide) groups is 1. The highest BCUT2D eigenvalue weighted by Crippen LogP contribution is 2.31. The molecule has 2 aromatic carbocycles. The van der Waals surface area contributed by atoms with Crippen molar-refractivity contribution in [1.29, 1.82) is 0 Å². The van der Waals surface area contributed by atoms with Gasteiger partial charge in [0, 0.05) is 23.0 Å². The van der Waals surface area contributed by atoms with Crippen molar-refractivity contribution in [1.82, 2.24) is 4.98 Å². The number of fused-ring (bicyclic) bond motifs is 1. The van der Waals surface area contributed by atoms with Crippen molar-refractivity contribution in [2.24, 2.45) is 4.99 Å². The van der Waals surface area contributed by atoms with Crippen LogP contribution in [-0.4, -0.2) is 40.8 Å². The van der Waals surface area contributed by atoms with Gasteiger partial charge in [-0.05, 0) is 80.1 Å². The van der Waals surface area contributed by atoms with Gasteiger partial charge in [-0.15, -0.1) is 11.8 Å². The Hall–Kier alpha value is -3.45. The van der Waals surface area contributed by atoms with E-state index in [9.17, 15) is 9.59 Å². The minimum Gasteiger partial charge on any atom is -0.497 e. The normalized spacial score (nSPS) is 14.0. The Kier molecular flexibility index (Phi) is 7.36. The third kappa shape index (κ3) is 5.80. The van der Waals surface area contributed by atoms with E-state index >= 15 is 0 Å². The number of rotatable bonds is 8. The molecule has 1 aromatic heterocycles. The van der Waals surface area contributed by atoms with E-state index in [1.807, 2.05) is 19.1 Å². The fourth-order valence-corrected chi connectivity index (χ4v) is 4.90. The number of amides is 1. The Morgan fingerprint density at radius 2 is 1.89 bits per heavy atom. The smallest absolute Gasteiger partial charge is 0.258 e. The Bertz CT molecular complexity index is 1280. The first kappa shape index (κ1) is 24.7. The molecule has 6 nitrogen and oxygen atoms in total. The van der Waals surface area contributed by atoms with Crippen LogP contribution in [-0.2, 0) is 6.42 Å². The summed E-state index contributed by atoms with van der Waals surface area (Å²) in [5.74, 6) is 1.32. The van der Waals surface area contributed by atoms with Gasteiger partial charge in [-0.25, -0.2) is 4.98 Å². The zero-order valence-electron chi connectivity index (χ0n) is 20.4. The molecule has 0 saturated heterocycles. The van der Waals surface area contributed by atoms with Gasteiger partial charge in [0.15, 0.2) is 5.78 Å². The van der Waals surface area contributed by atoms with Crippen LogP contribution in [0.1, 0.15) is 59.0 Å². The number of Topliss-reactive ketones (excluding diaryl/α,β-unsaturated/α-hetero) is 1. The second-order valence-electron chi connectivity index (χ2n) is 8.99. The van der Waals surface area contributed by atoms with Crippen LogP contribution in [0, 0.1) is 0 Å². The summed E-state index contributed by atoms with van der Waals surface area (Å²) < 4.78 is 5.39. The number of ketones is 1. The first-order valence-electron chi connectivity index (χ1n) is 11.6. The molecule has 4 rings (SSSR count). The van der Waals surface area contributed by atoms with Gasteiger partial charge in [0.2, 0.25) is 0 Å². The predicted octanol–water partition coefficient (Wildman–Crippen LogP) is 5.85. The summed E-state index contributed by atoms with van der Waals surface area (Å²) in [6.45, 7) is 6.18. The van der Waals surface area contributed by atoms with Gasteiger partial charge in [0.05, 0.1) is 30.3 Å². The number of methoxy groups -OCH3 is 1. The monoisotopic (exact) mass is 487 g/mol. The van der Waals surface area contributed by atoms with Crippen molar-refractivity contribution in [3.63, 3.8) is 0 Å². The van der Waals surface area contributed by atoms with E-state index in [4.69, 9.17) is 9.73 Å². The number of pyridine rings is 1. The molecule has 0 fully saturated rings. The number of benzene rings is 2. The number of anilines is 1. The number of carbonyl (C=O) groups excluding carboxylic acids is 2. The van der Waals surface area contributed by atoms with Crippen molar-refractivity contribution < 1.29 is 14.3 Å². The highest BCUT2D eigenvalue weighted by atomic mass is 32.2. The highest BCUT2D eigenvalue weighted by Gasteiger charge is 2.28. The van der Waals surface area contributed by atoms with E-state index in [2.05, 4.69) is 30.2 Å². The molecule has 1 amide bonds. The number of aromatic nitrogens is 1. The zero-order valence-corrected chi connectivity index (χ0v) is 21.2. The Balaban J connectivity index is 1.49. The van der Waals surface area contributed by atoms with Crippen molar-refractivity contribution in [2.45, 2.75) is 44.2 Å². The first-order valence-corrected chi connectivity index (χ1v) is 12.6. The summed E-state index contributed by atoms with van der Waals surface area (Å²) in [6, 6.07) is 16.4. The third-order valence-corrected chi connectivity index (χ3v) is 6.67. The molecule has 1 aliphatic rings. The minimum absolute atomic E-state index is 0.0259. The molecule has 180 valence electrons. The molecule has 2 heterocycles. The lowest BCUT2D eigenvalue weighted by Crippen LogP contribution is -2.30. The Morgan fingerprint density at radius 3 is 2.60 bits per heavy atom. The molecule has 3 aromatic rings. The maximum absolute atomic E-state index is 13.1. The number of nitrogens with zero attached hydrogens (tertiary/aromatic N) is 2. The highest BCUT2D eigenvalue weighted by molar-refractivity contribution is 7.99. The van der Waals surface area contributed by atoms with Gasteiger partial charge in [0.1, 0.15) is 10.8 Å². The Labute approximate surface area is 210 Å². The van der Waals surface area contributed by atoms with Crippen LogP contribution < -0.4 is 10.1 Å². The van der Waals surface area contributed by atoms with Gasteiger partial charge in [-0.1, -0.05) is 13.0 Å². The lowest BCUT2D eigenvalue weighted by atomic mass is 9.85. The number of ether oxygens (including phenoxy) is 1. The summed E-state index contributed by atoms with van der Waals surface area (Å²) in [4.78, 5) is 35.1. The van der Waals surface area contributed by atoms with Crippen LogP contribution >= 0.6 is 11.8 Å². The number of nitrogens with one attached hydrogen (secondary N) is 1. The van der Waals surface area contributed by atoms with E-state index in [1.165, 1.54) is 17.3 Å². The van der Waals surface area contributed by atoms with Crippen molar-refractivity contribution >= 4 is 34.9 Å². The molecule has 1 N–H and O–H groups in total. The summed E-state index contributed by atoms with van der Waals surface area (Å²) in [6.07, 6.45) is 2.69. The van der Waals surface area contributed by atoms with Crippen LogP contribution in [0.3, 0.4) is 0 Å². The molecular weight excluding hydrogens is 458 g/mol. The summed E-state index contributed by atoms with van der Waals surface area (Å²) >= 11 is 1.53. The topological polar surface area (TPSA) is 80.7 Å². The van der Waals surface area contributed by atoms with Crippen molar-refractivity contribution in [3.05, 3.63) is 83.0 Å². The van der Waals surface area contributed by atoms with Gasteiger partial charge >= 0.3 is 0 Å². The molecule has 0 spiro atoms. The van der Waals surface area contributed by atoms with E-state index in [0.29, 0.717) is 21.8 Å². The zero-order chi connectivity index (χ0) is 25.0. The van der Waals surface area contributed by atoms with E-state index in [-0.39, 0.29) is 23.7 Å². The molecule has 35 heavy (non-hydrogen) atoms. The Morgan fingerprint density at radius 1 is 1.11 bits per heavy atom. The molecule has 0 radical (unpaired) electrons. The van der Waals surface area contributed by atoms with E-state index < -0.39 is 0 Å². The van der Waals surface area contributed by atoms with Crippen LogP contribution in [0.25, 0.3) is 0 Å². The molecule has 0 atom stereocenters. The molecule has 0 aliphatic carbocycles. The van der Waals surface area contributed by atoms with E-state index in [0.717, 1.165) is 29.2 Å². The minimum atomic E-state index is -0.271. The molecule has 7 heteroatoms. The number of aliphatic imine (C=N–C) groups is 1. The average molecular weight is 488 g/mol. The van der Waals surface area contributed by atoms with Crippen LogP contribution in [0.15, 0.2) is 70.8 Å². The van der Waals surface area contributed by atoms with Gasteiger partial charge in [0.25, 0.3) is 5.91 Å². The summed E-state index contributed by atoms with van der Waals surface area (Å²) in [7, 11) is 1.63. The van der Waals surface area contributed by atoms with Gasteiger partial charge in [-0.3, -0.25) is 14.6 Å². The van der Waals surface area contributed by atoms with Gasteiger partial charge < -0.3 is 10.1 Å². The maximum atomic E-state index is 13.1. The number of carbonyl (C=O) groups is 2. The predicted molar refractivity (Wildman–Crippen MR) is 141 cm³/mol. The molecule has 0 saturated carbocycles. The molecule has 1 aliphatic heterocycles. The van der Waals surface area contributed by atoms with E-state index in [1.54, 1.807) is 49.7 Å². The van der Waals surface area contributed by atoms with Crippen LogP contribution in [0.4, 0.5) is 5.69 Å². The fourth-order valence-electron chi connectivity index (χ4n) is 4.18. The standard InChI is InChI=1S/C28H29N3O3S/c1-5-35-27-22(7-6-14-29-27)26(33)30-20-11-8-18(9-12-20)25(32)16-24-23-15-21(34-4)13-10-19(23)17-28(2,3)31-24/h6-15H,5,16-17H2,1-4H3,(H,30,33). The third-order valence-electron chi connectivity index (χ3n) is 5.78. The second-order valence-corrected chi connectivity index (χ2v) is 10.2. The molecule has 0 bridgehead atoms. The maximum Gasteiger partial charge on any atom is 0.258 e. The SMILES string of the molecule is CCSc1ncccc1C(=O)Nc1ccc(C(=O)CC2=NC(C)(C)Cc3ccc(OC)cc32)cc1.